The van der Waals surface area contributed by atoms with Crippen molar-refractivity contribution >= 4 is 50.0 Å². The molecule has 3 aliphatic heterocycles. The van der Waals surface area contributed by atoms with Crippen molar-refractivity contribution in [3.05, 3.63) is 192 Å². The summed E-state index contributed by atoms with van der Waals surface area (Å²) in [5.41, 5.74) is 10.4. The molecule has 234 valence electrons. The highest BCUT2D eigenvalue weighted by Gasteiger charge is 2.43. The third-order valence-corrected chi connectivity index (χ3v) is 10.1. The molecule has 3 heterocycles. The van der Waals surface area contributed by atoms with Crippen molar-refractivity contribution in [3.8, 4) is 0 Å². The van der Waals surface area contributed by atoms with E-state index in [4.69, 9.17) is 4.99 Å². The van der Waals surface area contributed by atoms with Crippen LogP contribution in [0.2, 0.25) is 0 Å². The lowest BCUT2D eigenvalue weighted by atomic mass is 9.98. The predicted octanol–water partition coefficient (Wildman–Crippen LogP) is 9.99. The van der Waals surface area contributed by atoms with Gasteiger partial charge in [-0.3, -0.25) is 5.32 Å². The Morgan fingerprint density at radius 3 is 1.69 bits per heavy atom. The van der Waals surface area contributed by atoms with Gasteiger partial charge in [-0.2, -0.15) is 0 Å². The zero-order chi connectivity index (χ0) is 32.3. The SMILES string of the molecule is C1=C(c2ccccc2)N2C(N=C1c1ccccc1)NC2c1ccc(C2Nc3c(c4ccccc4c4ccccc34)N2c2ccccc2)cc1. The number of benzene rings is 7. The highest BCUT2D eigenvalue weighted by Crippen LogP contribution is 2.53. The predicted molar refractivity (Wildman–Crippen MR) is 202 cm³/mol. The zero-order valence-corrected chi connectivity index (χ0v) is 26.7. The summed E-state index contributed by atoms with van der Waals surface area (Å²) < 4.78 is 0. The molecule has 3 aliphatic rings. The van der Waals surface area contributed by atoms with E-state index < -0.39 is 0 Å². The van der Waals surface area contributed by atoms with Crippen molar-refractivity contribution in [1.29, 1.82) is 0 Å². The fourth-order valence-electron chi connectivity index (χ4n) is 7.78. The quantitative estimate of drug-likeness (QED) is 0.186. The van der Waals surface area contributed by atoms with Crippen LogP contribution in [0, 0.1) is 0 Å². The Bertz CT molecular complexity index is 2400. The normalized spacial score (nSPS) is 19.5. The van der Waals surface area contributed by atoms with Gasteiger partial charge in [0.1, 0.15) is 12.3 Å². The molecular formula is C44H33N5. The number of nitrogens with zero attached hydrogens (tertiary/aromatic N) is 3. The summed E-state index contributed by atoms with van der Waals surface area (Å²) in [5.74, 6) is 0. The molecule has 10 rings (SSSR count). The van der Waals surface area contributed by atoms with Crippen LogP contribution in [0.5, 0.6) is 0 Å². The molecule has 0 spiro atoms. The molecule has 2 N–H and O–H groups in total. The fraction of sp³-hybridized carbons (Fsp3) is 0.0682. The van der Waals surface area contributed by atoms with E-state index in [0.717, 1.165) is 17.0 Å². The van der Waals surface area contributed by atoms with Gasteiger partial charge in [0.15, 0.2) is 6.29 Å². The summed E-state index contributed by atoms with van der Waals surface area (Å²) >= 11 is 0. The Labute approximate surface area is 285 Å². The molecule has 0 saturated carbocycles. The number of fused-ring (bicyclic) bond motifs is 7. The van der Waals surface area contributed by atoms with Crippen molar-refractivity contribution in [3.63, 3.8) is 0 Å². The molecule has 3 atom stereocenters. The standard InChI is InChI=1S/C44H33N5/c1-4-14-29(15-5-1)38-28-39(30-16-6-2-7-17-30)49-43(47-44(49)45-38)32-26-24-31(25-27-32)42-46-40-36-22-12-10-20-34(36)35-21-11-13-23-37(35)41(40)48(42)33-18-8-3-9-19-33/h1-28,42-44,46-47H. The van der Waals surface area contributed by atoms with Crippen molar-refractivity contribution < 1.29 is 0 Å². The molecule has 0 aromatic heterocycles. The van der Waals surface area contributed by atoms with E-state index in [1.165, 1.54) is 55.3 Å². The summed E-state index contributed by atoms with van der Waals surface area (Å²) in [6.07, 6.45) is 2.05. The Balaban J connectivity index is 1.03. The van der Waals surface area contributed by atoms with Gasteiger partial charge in [0.05, 0.1) is 22.8 Å². The maximum atomic E-state index is 5.11. The van der Waals surface area contributed by atoms with E-state index in [2.05, 4.69) is 184 Å². The Hall–Kier alpha value is -6.17. The van der Waals surface area contributed by atoms with Gasteiger partial charge in [0, 0.05) is 16.5 Å². The first-order valence-corrected chi connectivity index (χ1v) is 16.9. The minimum Gasteiger partial charge on any atom is -0.359 e. The number of nitrogens with one attached hydrogen (secondary N) is 2. The zero-order valence-electron chi connectivity index (χ0n) is 26.7. The van der Waals surface area contributed by atoms with Crippen LogP contribution in [-0.2, 0) is 0 Å². The molecular weight excluding hydrogens is 599 g/mol. The molecule has 1 saturated heterocycles. The van der Waals surface area contributed by atoms with Crippen molar-refractivity contribution in [1.82, 2.24) is 10.2 Å². The van der Waals surface area contributed by atoms with Crippen LogP contribution < -0.4 is 15.5 Å². The van der Waals surface area contributed by atoms with Crippen LogP contribution in [0.4, 0.5) is 17.1 Å². The molecule has 7 aromatic carbocycles. The van der Waals surface area contributed by atoms with Gasteiger partial charge >= 0.3 is 0 Å². The minimum atomic E-state index is -0.124. The van der Waals surface area contributed by atoms with Gasteiger partial charge < -0.3 is 15.1 Å². The van der Waals surface area contributed by atoms with E-state index in [-0.39, 0.29) is 18.6 Å². The summed E-state index contributed by atoms with van der Waals surface area (Å²) in [5, 5.41) is 12.7. The summed E-state index contributed by atoms with van der Waals surface area (Å²) in [6.45, 7) is 0. The first kappa shape index (κ1) is 27.9. The molecule has 1 fully saturated rings. The Kier molecular flexibility index (Phi) is 6.39. The molecule has 49 heavy (non-hydrogen) atoms. The lowest BCUT2D eigenvalue weighted by Crippen LogP contribution is -2.62. The van der Waals surface area contributed by atoms with Crippen molar-refractivity contribution in [2.75, 3.05) is 10.2 Å². The topological polar surface area (TPSA) is 42.9 Å². The molecule has 0 amide bonds. The molecule has 0 bridgehead atoms. The van der Waals surface area contributed by atoms with E-state index in [9.17, 15) is 0 Å². The summed E-state index contributed by atoms with van der Waals surface area (Å²) in [7, 11) is 0. The van der Waals surface area contributed by atoms with E-state index in [0.29, 0.717) is 0 Å². The van der Waals surface area contributed by atoms with Crippen LogP contribution >= 0.6 is 0 Å². The number of hydrogen-bond donors (Lipinski definition) is 2. The second kappa shape index (κ2) is 11.2. The van der Waals surface area contributed by atoms with Crippen LogP contribution in [0.25, 0.3) is 27.2 Å². The molecule has 5 nitrogen and oxygen atoms in total. The Morgan fingerprint density at radius 2 is 1.02 bits per heavy atom. The number of aliphatic imine (C=N–C) groups is 1. The van der Waals surface area contributed by atoms with Gasteiger partial charge in [-0.25, -0.2) is 4.99 Å². The van der Waals surface area contributed by atoms with Crippen LogP contribution in [0.3, 0.4) is 0 Å². The summed E-state index contributed by atoms with van der Waals surface area (Å²) in [6, 6.07) is 58.5. The van der Waals surface area contributed by atoms with Gasteiger partial charge in [-0.15, -0.1) is 0 Å². The smallest absolute Gasteiger partial charge is 0.180 e. The molecule has 3 unspecified atom stereocenters. The molecule has 5 heteroatoms. The fourth-order valence-corrected chi connectivity index (χ4v) is 7.78. The maximum Gasteiger partial charge on any atom is 0.180 e. The van der Waals surface area contributed by atoms with Crippen molar-refractivity contribution in [2.24, 2.45) is 4.99 Å². The molecule has 7 aromatic rings. The average molecular weight is 632 g/mol. The van der Waals surface area contributed by atoms with Crippen LogP contribution in [0.15, 0.2) is 175 Å². The number of allylic oxidation sites excluding steroid dienone is 1. The lowest BCUT2D eigenvalue weighted by molar-refractivity contribution is 0.0357. The van der Waals surface area contributed by atoms with E-state index in [1.807, 2.05) is 6.07 Å². The third kappa shape index (κ3) is 4.47. The highest BCUT2D eigenvalue weighted by molar-refractivity contribution is 6.22. The van der Waals surface area contributed by atoms with Gasteiger partial charge in [-0.05, 0) is 51.2 Å². The van der Waals surface area contributed by atoms with E-state index >= 15 is 0 Å². The number of rotatable bonds is 5. The van der Waals surface area contributed by atoms with Gasteiger partial charge in [0.25, 0.3) is 0 Å². The van der Waals surface area contributed by atoms with Crippen molar-refractivity contribution in [2.45, 2.75) is 18.6 Å². The molecule has 0 radical (unpaired) electrons. The number of hydrogen-bond acceptors (Lipinski definition) is 5. The third-order valence-electron chi connectivity index (χ3n) is 10.1. The monoisotopic (exact) mass is 631 g/mol. The minimum absolute atomic E-state index is 0.0124. The second-order valence-corrected chi connectivity index (χ2v) is 12.9. The van der Waals surface area contributed by atoms with Gasteiger partial charge in [0.2, 0.25) is 0 Å². The van der Waals surface area contributed by atoms with Gasteiger partial charge in [-0.1, -0.05) is 152 Å². The second-order valence-electron chi connectivity index (χ2n) is 12.9. The Morgan fingerprint density at radius 1 is 0.490 bits per heavy atom. The maximum absolute atomic E-state index is 5.11. The van der Waals surface area contributed by atoms with Crippen LogP contribution in [-0.4, -0.2) is 16.9 Å². The first-order chi connectivity index (χ1) is 24.3. The average Bonchev–Trinajstić information content (AvgIpc) is 3.58. The lowest BCUT2D eigenvalue weighted by Gasteiger charge is -2.52. The number of para-hydroxylation sites is 1. The first-order valence-electron chi connectivity index (χ1n) is 16.9. The van der Waals surface area contributed by atoms with E-state index in [1.54, 1.807) is 0 Å². The molecule has 0 aliphatic carbocycles. The summed E-state index contributed by atoms with van der Waals surface area (Å²) in [4.78, 5) is 9.97. The van der Waals surface area contributed by atoms with Crippen LogP contribution in [0.1, 0.15) is 34.6 Å². The highest BCUT2D eigenvalue weighted by atomic mass is 15.5. The largest absolute Gasteiger partial charge is 0.359 e. The number of anilines is 3.